The Kier molecular flexibility index (Phi) is 5.19. The highest BCUT2D eigenvalue weighted by Gasteiger charge is 2.34. The fourth-order valence-electron chi connectivity index (χ4n) is 3.34. The number of benzene rings is 1. The molecule has 2 amide bonds. The van der Waals surface area contributed by atoms with Gasteiger partial charge in [-0.25, -0.2) is 0 Å². The van der Waals surface area contributed by atoms with Gasteiger partial charge in [0.05, 0.1) is 6.54 Å². The van der Waals surface area contributed by atoms with E-state index in [0.717, 1.165) is 12.8 Å². The average molecular weight is 396 g/mol. The molecule has 2 fully saturated rings. The van der Waals surface area contributed by atoms with Gasteiger partial charge in [0.15, 0.2) is 11.5 Å². The zero-order valence-electron chi connectivity index (χ0n) is 17.4. The van der Waals surface area contributed by atoms with E-state index in [-0.39, 0.29) is 29.0 Å². The normalized spacial score (nSPS) is 16.5. The van der Waals surface area contributed by atoms with Crippen molar-refractivity contribution >= 4 is 11.8 Å². The van der Waals surface area contributed by atoms with Gasteiger partial charge in [0.25, 0.3) is 11.8 Å². The Labute approximate surface area is 171 Å². The molecule has 29 heavy (non-hydrogen) atoms. The monoisotopic (exact) mass is 395 g/mol. The van der Waals surface area contributed by atoms with Crippen LogP contribution in [0.3, 0.4) is 0 Å². The van der Waals surface area contributed by atoms with E-state index < -0.39 is 0 Å². The van der Waals surface area contributed by atoms with Gasteiger partial charge >= 0.3 is 0 Å². The molecule has 1 heterocycles. The largest absolute Gasteiger partial charge is 0.359 e. The van der Waals surface area contributed by atoms with Crippen molar-refractivity contribution in [3.8, 4) is 0 Å². The Morgan fingerprint density at radius 1 is 1.14 bits per heavy atom. The summed E-state index contributed by atoms with van der Waals surface area (Å²) in [7, 11) is 0. The second-order valence-corrected chi connectivity index (χ2v) is 9.32. The van der Waals surface area contributed by atoms with Crippen molar-refractivity contribution in [1.82, 2.24) is 15.4 Å². The second-order valence-electron chi connectivity index (χ2n) is 9.32. The fourth-order valence-corrected chi connectivity index (χ4v) is 3.34. The van der Waals surface area contributed by atoms with E-state index in [2.05, 4.69) is 31.2 Å². The molecule has 0 radical (unpaired) electrons. The number of rotatable bonds is 7. The molecule has 1 N–H and O–H groups in total. The number of nitrogens with one attached hydrogen (secondary N) is 1. The minimum atomic E-state index is -0.214. The second kappa shape index (κ2) is 7.65. The summed E-state index contributed by atoms with van der Waals surface area (Å²) in [5, 5.41) is 6.78. The van der Waals surface area contributed by atoms with E-state index >= 15 is 0 Å². The lowest BCUT2D eigenvalue weighted by Gasteiger charge is -2.22. The molecule has 2 aromatic rings. The quantitative estimate of drug-likeness (QED) is 0.771. The van der Waals surface area contributed by atoms with Gasteiger partial charge in [0.2, 0.25) is 0 Å². The van der Waals surface area contributed by atoms with E-state index in [1.54, 1.807) is 6.07 Å². The van der Waals surface area contributed by atoms with Gasteiger partial charge in [-0.1, -0.05) is 38.1 Å². The van der Waals surface area contributed by atoms with Crippen LogP contribution in [0, 0.1) is 5.92 Å². The molecule has 2 aliphatic rings. The summed E-state index contributed by atoms with van der Waals surface area (Å²) < 4.78 is 5.36. The van der Waals surface area contributed by atoms with Gasteiger partial charge in [-0.15, -0.1) is 0 Å². The Balaban J connectivity index is 1.43. The van der Waals surface area contributed by atoms with Crippen molar-refractivity contribution in [2.24, 2.45) is 5.92 Å². The maximum atomic E-state index is 13.1. The van der Waals surface area contributed by atoms with Gasteiger partial charge in [-0.2, -0.15) is 0 Å². The first-order valence-electron chi connectivity index (χ1n) is 10.5. The van der Waals surface area contributed by atoms with Crippen LogP contribution in [-0.2, 0) is 12.0 Å². The molecule has 1 aromatic heterocycles. The molecular formula is C23H29N3O3. The Bertz CT molecular complexity index is 887. The third kappa shape index (κ3) is 4.86. The maximum absolute atomic E-state index is 13.1. The van der Waals surface area contributed by atoms with Gasteiger partial charge in [-0.3, -0.25) is 9.59 Å². The number of carbonyl (C=O) groups is 2. The molecule has 0 bridgehead atoms. The molecular weight excluding hydrogens is 366 g/mol. The molecule has 0 saturated heterocycles. The Morgan fingerprint density at radius 3 is 2.41 bits per heavy atom. The molecule has 4 rings (SSSR count). The number of aromatic nitrogens is 1. The summed E-state index contributed by atoms with van der Waals surface area (Å²) in [5.74, 6) is 0.921. The molecule has 6 heteroatoms. The number of carbonyl (C=O) groups excluding carboxylic acids is 2. The summed E-state index contributed by atoms with van der Waals surface area (Å²) in [4.78, 5) is 27.1. The standard InChI is InChI=1S/C23H29N3O3/c1-23(2,3)17-8-6-16(7-9-17)22(28)26(18-10-11-18)14-19-12-20(25-29-19)21(27)24-13-15-4-5-15/h6-9,12,15,18H,4-5,10-11,13-14H2,1-3H3,(H,24,27). The summed E-state index contributed by atoms with van der Waals surface area (Å²) in [6.45, 7) is 7.49. The number of nitrogens with zero attached hydrogens (tertiary/aromatic N) is 2. The lowest BCUT2D eigenvalue weighted by atomic mass is 9.86. The van der Waals surface area contributed by atoms with Crippen molar-refractivity contribution in [3.05, 3.63) is 52.9 Å². The summed E-state index contributed by atoms with van der Waals surface area (Å²) >= 11 is 0. The first-order chi connectivity index (χ1) is 13.8. The van der Waals surface area contributed by atoms with Gasteiger partial charge in [0, 0.05) is 24.2 Å². The topological polar surface area (TPSA) is 75.4 Å². The third-order valence-electron chi connectivity index (χ3n) is 5.61. The molecule has 0 atom stereocenters. The smallest absolute Gasteiger partial charge is 0.273 e. The highest BCUT2D eigenvalue weighted by atomic mass is 16.5. The summed E-state index contributed by atoms with van der Waals surface area (Å²) in [6.07, 6.45) is 4.35. The SMILES string of the molecule is CC(C)(C)c1ccc(C(=O)N(Cc2cc(C(=O)NCC3CC3)no2)C2CC2)cc1. The van der Waals surface area contributed by atoms with Crippen molar-refractivity contribution in [1.29, 1.82) is 0 Å². The molecule has 2 saturated carbocycles. The van der Waals surface area contributed by atoms with Crippen LogP contribution in [0.2, 0.25) is 0 Å². The van der Waals surface area contributed by atoms with E-state index in [1.165, 1.54) is 18.4 Å². The van der Waals surface area contributed by atoms with E-state index in [4.69, 9.17) is 4.52 Å². The number of amides is 2. The highest BCUT2D eigenvalue weighted by Crippen LogP contribution is 2.31. The lowest BCUT2D eigenvalue weighted by Crippen LogP contribution is -2.32. The van der Waals surface area contributed by atoms with Crippen LogP contribution in [0.25, 0.3) is 0 Å². The van der Waals surface area contributed by atoms with Gasteiger partial charge in [0.1, 0.15) is 0 Å². The first-order valence-corrected chi connectivity index (χ1v) is 10.5. The van der Waals surface area contributed by atoms with Crippen LogP contribution in [-0.4, -0.2) is 34.5 Å². The van der Waals surface area contributed by atoms with Gasteiger partial charge in [-0.05, 0) is 54.7 Å². The number of hydrogen-bond donors (Lipinski definition) is 1. The maximum Gasteiger partial charge on any atom is 0.273 e. The predicted octanol–water partition coefficient (Wildman–Crippen LogP) is 3.92. The minimum Gasteiger partial charge on any atom is -0.359 e. The molecule has 2 aliphatic carbocycles. The number of hydrogen-bond acceptors (Lipinski definition) is 4. The third-order valence-corrected chi connectivity index (χ3v) is 5.61. The first kappa shape index (κ1) is 19.7. The average Bonchev–Trinajstić information content (AvgIpc) is 3.62. The fraction of sp³-hybridized carbons (Fsp3) is 0.522. The van der Waals surface area contributed by atoms with Crippen LogP contribution in [0.1, 0.15) is 78.6 Å². The zero-order chi connectivity index (χ0) is 20.6. The molecule has 0 spiro atoms. The lowest BCUT2D eigenvalue weighted by molar-refractivity contribution is 0.0712. The van der Waals surface area contributed by atoms with Crippen LogP contribution in [0.15, 0.2) is 34.9 Å². The van der Waals surface area contributed by atoms with E-state index in [1.807, 2.05) is 29.2 Å². The molecule has 0 unspecified atom stereocenters. The predicted molar refractivity (Wildman–Crippen MR) is 110 cm³/mol. The van der Waals surface area contributed by atoms with Crippen LogP contribution in [0.4, 0.5) is 0 Å². The summed E-state index contributed by atoms with van der Waals surface area (Å²) in [5.41, 5.74) is 2.20. The molecule has 6 nitrogen and oxygen atoms in total. The van der Waals surface area contributed by atoms with Crippen LogP contribution >= 0.6 is 0 Å². The highest BCUT2D eigenvalue weighted by molar-refractivity contribution is 5.95. The van der Waals surface area contributed by atoms with Gasteiger partial charge < -0.3 is 14.7 Å². The Morgan fingerprint density at radius 2 is 1.83 bits per heavy atom. The Hall–Kier alpha value is -2.63. The molecule has 154 valence electrons. The van der Waals surface area contributed by atoms with E-state index in [0.29, 0.717) is 30.3 Å². The van der Waals surface area contributed by atoms with Crippen molar-refractivity contribution in [3.63, 3.8) is 0 Å². The molecule has 1 aromatic carbocycles. The van der Waals surface area contributed by atoms with Crippen LogP contribution in [0.5, 0.6) is 0 Å². The van der Waals surface area contributed by atoms with Crippen molar-refractivity contribution in [2.75, 3.05) is 6.54 Å². The van der Waals surface area contributed by atoms with Crippen LogP contribution < -0.4 is 5.32 Å². The zero-order valence-corrected chi connectivity index (χ0v) is 17.4. The minimum absolute atomic E-state index is 0.0101. The van der Waals surface area contributed by atoms with E-state index in [9.17, 15) is 9.59 Å². The molecule has 0 aliphatic heterocycles. The van der Waals surface area contributed by atoms with Crippen molar-refractivity contribution in [2.45, 2.75) is 64.5 Å². The summed E-state index contributed by atoms with van der Waals surface area (Å²) in [6, 6.07) is 9.71. The van der Waals surface area contributed by atoms with Crippen molar-refractivity contribution < 1.29 is 14.1 Å².